The van der Waals surface area contributed by atoms with E-state index in [9.17, 15) is 22.8 Å². The number of sulfone groups is 1. The highest BCUT2D eigenvalue weighted by atomic mass is 32.2. The highest BCUT2D eigenvalue weighted by molar-refractivity contribution is 7.90. The van der Waals surface area contributed by atoms with Gasteiger partial charge in [0.25, 0.3) is 11.8 Å². The Labute approximate surface area is 155 Å². The zero-order chi connectivity index (χ0) is 19.4. The van der Waals surface area contributed by atoms with E-state index in [1.165, 1.54) is 17.0 Å². The molecule has 27 heavy (non-hydrogen) atoms. The minimum atomic E-state index is -3.32. The van der Waals surface area contributed by atoms with Crippen molar-refractivity contribution in [1.29, 1.82) is 0 Å². The number of benzene rings is 2. The molecule has 0 saturated carbocycles. The fourth-order valence-corrected chi connectivity index (χ4v) is 4.06. The van der Waals surface area contributed by atoms with Crippen LogP contribution in [0.15, 0.2) is 53.4 Å². The number of carbonyl (C=O) groups is 3. The summed E-state index contributed by atoms with van der Waals surface area (Å²) in [5, 5.41) is 4.59. The van der Waals surface area contributed by atoms with E-state index in [2.05, 4.69) is 10.6 Å². The van der Waals surface area contributed by atoms with Crippen molar-refractivity contribution in [3.63, 3.8) is 0 Å². The van der Waals surface area contributed by atoms with Crippen LogP contribution in [0.5, 0.6) is 0 Å². The molecule has 2 heterocycles. The Bertz CT molecular complexity index is 1090. The van der Waals surface area contributed by atoms with E-state index in [1.807, 2.05) is 0 Å². The molecule has 0 radical (unpaired) electrons. The summed E-state index contributed by atoms with van der Waals surface area (Å²) in [6, 6.07) is 12.2. The third-order valence-corrected chi connectivity index (χ3v) is 5.85. The molecule has 0 aromatic heterocycles. The van der Waals surface area contributed by atoms with Crippen LogP contribution in [0.2, 0.25) is 0 Å². The molecule has 138 valence electrons. The van der Waals surface area contributed by atoms with Crippen molar-refractivity contribution < 1.29 is 22.8 Å². The van der Waals surface area contributed by atoms with Gasteiger partial charge in [-0.25, -0.2) is 13.2 Å². The lowest BCUT2D eigenvalue weighted by molar-refractivity contribution is -0.134. The predicted octanol–water partition coefficient (Wildman–Crippen LogP) is 0.672. The van der Waals surface area contributed by atoms with Crippen molar-refractivity contribution in [3.8, 4) is 0 Å². The van der Waals surface area contributed by atoms with Crippen molar-refractivity contribution in [2.45, 2.75) is 17.0 Å². The van der Waals surface area contributed by atoms with Gasteiger partial charge in [0.05, 0.1) is 17.1 Å². The number of nitrogens with zero attached hydrogens (tertiary/aromatic N) is 1. The number of carbonyl (C=O) groups excluding carboxylic acids is 3. The van der Waals surface area contributed by atoms with E-state index in [0.717, 1.165) is 6.26 Å². The molecule has 4 amide bonds. The van der Waals surface area contributed by atoms with Crippen LogP contribution in [0.3, 0.4) is 0 Å². The van der Waals surface area contributed by atoms with E-state index in [-0.39, 0.29) is 11.4 Å². The number of para-hydroxylation sites is 1. The van der Waals surface area contributed by atoms with E-state index in [4.69, 9.17) is 0 Å². The van der Waals surface area contributed by atoms with Crippen molar-refractivity contribution in [3.05, 3.63) is 59.7 Å². The monoisotopic (exact) mass is 385 g/mol. The van der Waals surface area contributed by atoms with Crippen molar-refractivity contribution in [2.24, 2.45) is 0 Å². The maximum atomic E-state index is 13.1. The number of rotatable bonds is 3. The molecule has 1 fully saturated rings. The van der Waals surface area contributed by atoms with Crippen LogP contribution in [0.4, 0.5) is 10.5 Å². The zero-order valence-corrected chi connectivity index (χ0v) is 15.0. The Balaban J connectivity index is 1.73. The van der Waals surface area contributed by atoms with Gasteiger partial charge in [-0.15, -0.1) is 0 Å². The number of hydrogen-bond acceptors (Lipinski definition) is 5. The van der Waals surface area contributed by atoms with Gasteiger partial charge in [0.2, 0.25) is 5.54 Å². The first-order chi connectivity index (χ1) is 12.7. The smallest absolute Gasteiger partial charge is 0.312 e. The molecule has 0 bridgehead atoms. The average Bonchev–Trinajstić information content (AvgIpc) is 3.04. The minimum Gasteiger partial charge on any atom is -0.312 e. The molecular formula is C18H15N3O5S. The Morgan fingerprint density at radius 3 is 2.26 bits per heavy atom. The summed E-state index contributed by atoms with van der Waals surface area (Å²) < 4.78 is 23.2. The number of urea groups is 1. The van der Waals surface area contributed by atoms with Gasteiger partial charge in [-0.1, -0.05) is 30.3 Å². The maximum absolute atomic E-state index is 13.1. The van der Waals surface area contributed by atoms with Gasteiger partial charge >= 0.3 is 6.03 Å². The Hall–Kier alpha value is -3.20. The number of hydrogen-bond donors (Lipinski definition) is 2. The lowest BCUT2D eigenvalue weighted by atomic mass is 9.92. The minimum absolute atomic E-state index is 0.130. The SMILES string of the molecule is CS(=O)(=O)c1ccc(CN2C(=O)C3(NC(=O)NC3=O)c3ccccc32)cc1. The predicted molar refractivity (Wildman–Crippen MR) is 95.5 cm³/mol. The molecule has 1 atom stereocenters. The summed E-state index contributed by atoms with van der Waals surface area (Å²) in [6.45, 7) is 0.130. The summed E-state index contributed by atoms with van der Waals surface area (Å²) in [5.74, 6) is -1.26. The molecule has 1 spiro atoms. The van der Waals surface area contributed by atoms with Crippen LogP contribution in [0.25, 0.3) is 0 Å². The van der Waals surface area contributed by atoms with Gasteiger partial charge in [-0.2, -0.15) is 0 Å². The summed E-state index contributed by atoms with van der Waals surface area (Å²) in [7, 11) is -3.32. The average molecular weight is 385 g/mol. The summed E-state index contributed by atoms with van der Waals surface area (Å²) in [4.78, 5) is 38.8. The Morgan fingerprint density at radius 1 is 1.00 bits per heavy atom. The van der Waals surface area contributed by atoms with Crippen molar-refractivity contribution in [2.75, 3.05) is 11.2 Å². The highest BCUT2D eigenvalue weighted by Gasteiger charge is 2.61. The van der Waals surface area contributed by atoms with Crippen LogP contribution in [0.1, 0.15) is 11.1 Å². The van der Waals surface area contributed by atoms with E-state index >= 15 is 0 Å². The largest absolute Gasteiger partial charge is 0.323 e. The Morgan fingerprint density at radius 2 is 1.67 bits per heavy atom. The molecular weight excluding hydrogens is 370 g/mol. The van der Waals surface area contributed by atoms with E-state index in [0.29, 0.717) is 16.8 Å². The molecule has 2 aliphatic rings. The number of imide groups is 1. The lowest BCUT2D eigenvalue weighted by Gasteiger charge is -2.21. The number of anilines is 1. The normalized spacial score (nSPS) is 21.4. The van der Waals surface area contributed by atoms with Crippen molar-refractivity contribution >= 4 is 33.4 Å². The second kappa shape index (κ2) is 5.65. The maximum Gasteiger partial charge on any atom is 0.323 e. The van der Waals surface area contributed by atoms with Crippen LogP contribution in [-0.4, -0.2) is 32.5 Å². The first-order valence-electron chi connectivity index (χ1n) is 8.07. The highest BCUT2D eigenvalue weighted by Crippen LogP contribution is 2.42. The molecule has 2 aliphatic heterocycles. The van der Waals surface area contributed by atoms with Gasteiger partial charge in [0.15, 0.2) is 9.84 Å². The number of amides is 4. The van der Waals surface area contributed by atoms with Gasteiger partial charge in [-0.05, 0) is 23.8 Å². The molecule has 4 rings (SSSR count). The third kappa shape index (κ3) is 2.50. The van der Waals surface area contributed by atoms with Crippen LogP contribution in [0, 0.1) is 0 Å². The second-order valence-corrected chi connectivity index (χ2v) is 8.50. The fraction of sp³-hybridized carbons (Fsp3) is 0.167. The number of fused-ring (bicyclic) bond motifs is 2. The Kier molecular flexibility index (Phi) is 3.60. The molecule has 1 unspecified atom stereocenters. The van der Waals surface area contributed by atoms with E-state index < -0.39 is 33.2 Å². The summed E-state index contributed by atoms with van der Waals surface area (Å²) in [6.07, 6.45) is 1.12. The first-order valence-corrected chi connectivity index (χ1v) is 9.97. The van der Waals surface area contributed by atoms with Gasteiger partial charge in [-0.3, -0.25) is 14.9 Å². The first kappa shape index (κ1) is 17.2. The van der Waals surface area contributed by atoms with Crippen LogP contribution >= 0.6 is 0 Å². The quantitative estimate of drug-likeness (QED) is 0.596. The zero-order valence-electron chi connectivity index (χ0n) is 14.2. The van der Waals surface area contributed by atoms with Gasteiger partial charge in [0.1, 0.15) is 0 Å². The number of nitrogens with one attached hydrogen (secondary N) is 2. The van der Waals surface area contributed by atoms with Crippen molar-refractivity contribution in [1.82, 2.24) is 10.6 Å². The molecule has 2 aromatic rings. The molecule has 9 heteroatoms. The van der Waals surface area contributed by atoms with Crippen LogP contribution in [-0.2, 0) is 31.5 Å². The third-order valence-electron chi connectivity index (χ3n) is 4.73. The molecule has 2 aromatic carbocycles. The van der Waals surface area contributed by atoms with Gasteiger partial charge in [0, 0.05) is 11.8 Å². The topological polar surface area (TPSA) is 113 Å². The van der Waals surface area contributed by atoms with E-state index in [1.54, 1.807) is 36.4 Å². The molecule has 1 saturated heterocycles. The van der Waals surface area contributed by atoms with Gasteiger partial charge < -0.3 is 10.2 Å². The summed E-state index contributed by atoms with van der Waals surface area (Å²) in [5.41, 5.74) is -0.147. The van der Waals surface area contributed by atoms with Crippen LogP contribution < -0.4 is 15.5 Å². The molecule has 8 nitrogen and oxygen atoms in total. The standard InChI is InChI=1S/C18H15N3O5S/c1-27(25,26)12-8-6-11(7-9-12)10-21-14-5-3-2-4-13(14)18(16(21)23)15(22)19-17(24)20-18/h2-9H,10H2,1H3,(H2,19,20,22,24). The second-order valence-electron chi connectivity index (χ2n) is 6.48. The molecule has 2 N–H and O–H groups in total. The summed E-state index contributed by atoms with van der Waals surface area (Å²) >= 11 is 0. The molecule has 0 aliphatic carbocycles. The lowest BCUT2D eigenvalue weighted by Crippen LogP contribution is -2.52. The fourth-order valence-electron chi connectivity index (χ4n) is 3.43.